The average molecular weight is 338 g/mol. The van der Waals surface area contributed by atoms with Crippen molar-refractivity contribution in [3.05, 3.63) is 17.8 Å². The van der Waals surface area contributed by atoms with Crippen LogP contribution in [0, 0.1) is 0 Å². The molecular formula is C15H22N4O3S. The molecule has 1 aromatic heterocycles. The largest absolute Gasteiger partial charge is 0.366 e. The van der Waals surface area contributed by atoms with Gasteiger partial charge in [0.05, 0.1) is 5.25 Å². The molecule has 2 aliphatic carbocycles. The van der Waals surface area contributed by atoms with Crippen LogP contribution in [0.4, 0.5) is 5.82 Å². The van der Waals surface area contributed by atoms with Crippen molar-refractivity contribution in [2.75, 3.05) is 11.6 Å². The van der Waals surface area contributed by atoms with Gasteiger partial charge in [0, 0.05) is 18.3 Å². The van der Waals surface area contributed by atoms with Gasteiger partial charge in [0.1, 0.15) is 15.7 Å². The molecule has 0 spiro atoms. The summed E-state index contributed by atoms with van der Waals surface area (Å²) >= 11 is 0. The Bertz CT molecular complexity index is 670. The van der Waals surface area contributed by atoms with Crippen LogP contribution in [0.5, 0.6) is 0 Å². The lowest BCUT2D eigenvalue weighted by atomic mass is 9.95. The van der Waals surface area contributed by atoms with Gasteiger partial charge in [-0.15, -0.1) is 10.2 Å². The highest BCUT2D eigenvalue weighted by molar-refractivity contribution is 7.91. The smallest absolute Gasteiger partial charge is 0.272 e. The Morgan fingerprint density at radius 2 is 1.91 bits per heavy atom. The van der Waals surface area contributed by atoms with E-state index in [2.05, 4.69) is 20.8 Å². The molecule has 0 bridgehead atoms. The first-order valence-electron chi connectivity index (χ1n) is 8.02. The van der Waals surface area contributed by atoms with Crippen molar-refractivity contribution >= 4 is 21.6 Å². The zero-order valence-electron chi connectivity index (χ0n) is 13.2. The summed E-state index contributed by atoms with van der Waals surface area (Å²) in [4.78, 5) is 11.8. The van der Waals surface area contributed by atoms with Crippen molar-refractivity contribution < 1.29 is 13.2 Å². The van der Waals surface area contributed by atoms with Gasteiger partial charge in [-0.1, -0.05) is 6.42 Å². The first-order valence-corrected chi connectivity index (χ1v) is 9.97. The van der Waals surface area contributed by atoms with E-state index in [1.807, 2.05) is 0 Å². The predicted molar refractivity (Wildman–Crippen MR) is 87.0 cm³/mol. The monoisotopic (exact) mass is 338 g/mol. The maximum absolute atomic E-state index is 11.8. The Labute approximate surface area is 136 Å². The van der Waals surface area contributed by atoms with E-state index in [1.54, 1.807) is 12.1 Å². The summed E-state index contributed by atoms with van der Waals surface area (Å²) in [5.74, 6) is 0.383. The number of hydrogen-bond acceptors (Lipinski definition) is 6. The Hall–Kier alpha value is -1.70. The number of anilines is 1. The summed E-state index contributed by atoms with van der Waals surface area (Å²) in [6.07, 6.45) is 6.47. The second kappa shape index (κ2) is 6.43. The molecule has 1 aromatic rings. The molecule has 2 N–H and O–H groups in total. The Morgan fingerprint density at radius 3 is 2.52 bits per heavy atom. The highest BCUT2D eigenvalue weighted by Crippen LogP contribution is 2.26. The number of carbonyl (C=O) groups is 1. The van der Waals surface area contributed by atoms with Crippen molar-refractivity contribution in [2.45, 2.75) is 55.9 Å². The van der Waals surface area contributed by atoms with Crippen LogP contribution < -0.4 is 10.6 Å². The number of amides is 1. The van der Waals surface area contributed by atoms with Gasteiger partial charge >= 0.3 is 0 Å². The third-order valence-electron chi connectivity index (χ3n) is 4.39. The normalized spacial score (nSPS) is 24.9. The van der Waals surface area contributed by atoms with Crippen LogP contribution in [0.1, 0.15) is 49.0 Å². The van der Waals surface area contributed by atoms with Gasteiger partial charge in [-0.25, -0.2) is 8.42 Å². The molecule has 0 radical (unpaired) electrons. The summed E-state index contributed by atoms with van der Waals surface area (Å²) in [6.45, 7) is 0. The van der Waals surface area contributed by atoms with Crippen molar-refractivity contribution in [3.8, 4) is 0 Å². The van der Waals surface area contributed by atoms with Gasteiger partial charge in [0.25, 0.3) is 5.91 Å². The first-order chi connectivity index (χ1) is 10.9. The number of aromatic nitrogens is 2. The lowest BCUT2D eigenvalue weighted by molar-refractivity contribution is 0.0945. The summed E-state index contributed by atoms with van der Waals surface area (Å²) < 4.78 is 23.4. The Kier molecular flexibility index (Phi) is 4.52. The SMILES string of the molecule is CS(=O)(=O)[C@H]1CCC[C@H](Nc2ccc(C(=O)NC3CC3)nn2)C1. The van der Waals surface area contributed by atoms with Gasteiger partial charge in [0.15, 0.2) is 5.69 Å². The van der Waals surface area contributed by atoms with Crippen LogP contribution in [0.3, 0.4) is 0 Å². The molecule has 2 aliphatic rings. The van der Waals surface area contributed by atoms with Crippen LogP contribution in [-0.2, 0) is 9.84 Å². The molecule has 0 unspecified atom stereocenters. The molecule has 8 heteroatoms. The standard InChI is InChI=1S/C15H22N4O3S/c1-23(21,22)12-4-2-3-11(9-12)16-14-8-7-13(18-19-14)15(20)17-10-5-6-10/h7-8,10-12H,2-6,9H2,1H3,(H,16,19)(H,17,20)/t11-,12-/m0/s1. The lowest BCUT2D eigenvalue weighted by Crippen LogP contribution is -2.34. The molecule has 0 saturated heterocycles. The fourth-order valence-corrected chi connectivity index (χ4v) is 4.07. The van der Waals surface area contributed by atoms with E-state index >= 15 is 0 Å². The van der Waals surface area contributed by atoms with E-state index in [0.717, 1.165) is 32.1 Å². The minimum absolute atomic E-state index is 0.0731. The van der Waals surface area contributed by atoms with E-state index in [0.29, 0.717) is 17.9 Å². The Balaban J connectivity index is 1.58. The summed E-state index contributed by atoms with van der Waals surface area (Å²) in [5, 5.41) is 13.8. The van der Waals surface area contributed by atoms with Crippen molar-refractivity contribution in [1.29, 1.82) is 0 Å². The van der Waals surface area contributed by atoms with Gasteiger partial charge in [0.2, 0.25) is 0 Å². The molecule has 126 valence electrons. The number of carbonyl (C=O) groups excluding carboxylic acids is 1. The van der Waals surface area contributed by atoms with E-state index in [4.69, 9.17) is 0 Å². The number of nitrogens with zero attached hydrogens (tertiary/aromatic N) is 2. The quantitative estimate of drug-likeness (QED) is 0.835. The number of nitrogens with one attached hydrogen (secondary N) is 2. The van der Waals surface area contributed by atoms with Gasteiger partial charge in [-0.05, 0) is 44.2 Å². The molecular weight excluding hydrogens is 316 g/mol. The van der Waals surface area contributed by atoms with Crippen LogP contribution in [0.25, 0.3) is 0 Å². The van der Waals surface area contributed by atoms with Gasteiger partial charge in [-0.2, -0.15) is 0 Å². The number of rotatable bonds is 5. The Morgan fingerprint density at radius 1 is 1.13 bits per heavy atom. The van der Waals surface area contributed by atoms with E-state index in [1.165, 1.54) is 6.26 Å². The van der Waals surface area contributed by atoms with Crippen LogP contribution in [0.15, 0.2) is 12.1 Å². The zero-order valence-corrected chi connectivity index (χ0v) is 14.0. The number of sulfone groups is 1. The maximum Gasteiger partial charge on any atom is 0.272 e. The van der Waals surface area contributed by atoms with Crippen LogP contribution in [-0.4, -0.2) is 48.1 Å². The second-order valence-electron chi connectivity index (χ2n) is 6.51. The summed E-state index contributed by atoms with van der Waals surface area (Å²) in [5.41, 5.74) is 0.306. The van der Waals surface area contributed by atoms with Gasteiger partial charge in [-0.3, -0.25) is 4.79 Å². The topological polar surface area (TPSA) is 101 Å². The molecule has 3 rings (SSSR count). The molecule has 7 nitrogen and oxygen atoms in total. The molecule has 23 heavy (non-hydrogen) atoms. The molecule has 0 aromatic carbocycles. The minimum Gasteiger partial charge on any atom is -0.366 e. The molecule has 2 fully saturated rings. The zero-order chi connectivity index (χ0) is 16.4. The molecule has 1 amide bonds. The fraction of sp³-hybridized carbons (Fsp3) is 0.667. The third kappa shape index (κ3) is 4.40. The van der Waals surface area contributed by atoms with Crippen LogP contribution >= 0.6 is 0 Å². The highest BCUT2D eigenvalue weighted by Gasteiger charge is 2.29. The van der Waals surface area contributed by atoms with Crippen molar-refractivity contribution in [2.24, 2.45) is 0 Å². The van der Waals surface area contributed by atoms with E-state index < -0.39 is 9.84 Å². The number of hydrogen-bond donors (Lipinski definition) is 2. The molecule has 2 atom stereocenters. The summed E-state index contributed by atoms with van der Waals surface area (Å²) in [7, 11) is -3.00. The van der Waals surface area contributed by atoms with E-state index in [-0.39, 0.29) is 23.2 Å². The van der Waals surface area contributed by atoms with Crippen LogP contribution in [0.2, 0.25) is 0 Å². The van der Waals surface area contributed by atoms with E-state index in [9.17, 15) is 13.2 Å². The highest BCUT2D eigenvalue weighted by atomic mass is 32.2. The summed E-state index contributed by atoms with van der Waals surface area (Å²) in [6, 6.07) is 3.73. The van der Waals surface area contributed by atoms with Gasteiger partial charge < -0.3 is 10.6 Å². The second-order valence-corrected chi connectivity index (χ2v) is 8.84. The first kappa shape index (κ1) is 16.2. The fourth-order valence-electron chi connectivity index (χ4n) is 2.89. The molecule has 2 saturated carbocycles. The minimum atomic E-state index is -3.00. The van der Waals surface area contributed by atoms with Crippen molar-refractivity contribution in [1.82, 2.24) is 15.5 Å². The average Bonchev–Trinajstić information content (AvgIpc) is 3.31. The maximum atomic E-state index is 11.8. The predicted octanol–water partition coefficient (Wildman–Crippen LogP) is 1.14. The lowest BCUT2D eigenvalue weighted by Gasteiger charge is -2.28. The van der Waals surface area contributed by atoms with Crippen molar-refractivity contribution in [3.63, 3.8) is 0 Å². The third-order valence-corrected chi connectivity index (χ3v) is 6.03. The molecule has 0 aliphatic heterocycles. The molecule has 1 heterocycles.